The number of sulfone groups is 1. The first-order valence-electron chi connectivity index (χ1n) is 6.18. The number of hydrogen-bond donors (Lipinski definition) is 1. The van der Waals surface area contributed by atoms with Crippen LogP contribution in [0.4, 0.5) is 5.69 Å². The topological polar surface area (TPSA) is 97.5 Å². The van der Waals surface area contributed by atoms with Gasteiger partial charge in [0.25, 0.3) is 0 Å². The first kappa shape index (κ1) is 15.3. The molecule has 1 heterocycles. The van der Waals surface area contributed by atoms with Crippen LogP contribution >= 0.6 is 0 Å². The molecule has 0 aromatic heterocycles. The lowest BCUT2D eigenvalue weighted by Gasteiger charge is -2.23. The van der Waals surface area contributed by atoms with Crippen LogP contribution in [0.5, 0.6) is 0 Å². The lowest BCUT2D eigenvalue weighted by molar-refractivity contribution is 0.394. The minimum atomic E-state index is -3.72. The Morgan fingerprint density at radius 3 is 2.50 bits per heavy atom. The van der Waals surface area contributed by atoms with Crippen LogP contribution in [-0.2, 0) is 19.9 Å². The number of aryl methyl sites for hydroxylation is 1. The van der Waals surface area contributed by atoms with E-state index in [1.54, 1.807) is 13.0 Å². The van der Waals surface area contributed by atoms with Crippen LogP contribution in [0.2, 0.25) is 0 Å². The van der Waals surface area contributed by atoms with Crippen LogP contribution in [0.1, 0.15) is 12.0 Å². The van der Waals surface area contributed by atoms with Crippen LogP contribution in [-0.4, -0.2) is 45.7 Å². The molecule has 0 amide bonds. The molecule has 0 spiro atoms. The van der Waals surface area contributed by atoms with Gasteiger partial charge in [-0.3, -0.25) is 0 Å². The van der Waals surface area contributed by atoms with Crippen molar-refractivity contribution in [2.24, 2.45) is 0 Å². The van der Waals surface area contributed by atoms with E-state index in [0.29, 0.717) is 12.1 Å². The molecule has 0 radical (unpaired) electrons. The highest BCUT2D eigenvalue weighted by Crippen LogP contribution is 2.25. The first-order valence-corrected chi connectivity index (χ1v) is 9.44. The van der Waals surface area contributed by atoms with Gasteiger partial charge in [-0.05, 0) is 31.0 Å². The first-order chi connectivity index (χ1) is 9.13. The number of hydrogen-bond acceptors (Lipinski definition) is 5. The second-order valence-corrected chi connectivity index (χ2v) is 9.32. The highest BCUT2D eigenvalue weighted by molar-refractivity contribution is 7.92. The van der Waals surface area contributed by atoms with Gasteiger partial charge in [-0.1, -0.05) is 6.07 Å². The van der Waals surface area contributed by atoms with Gasteiger partial charge in [0.1, 0.15) is 0 Å². The van der Waals surface area contributed by atoms with Crippen LogP contribution in [0.15, 0.2) is 23.1 Å². The SMILES string of the molecule is Cc1ccc(S(=O)(=O)N(C)C2CCS(=O)(=O)C2)cc1N. The maximum absolute atomic E-state index is 12.5. The lowest BCUT2D eigenvalue weighted by Crippen LogP contribution is -2.37. The van der Waals surface area contributed by atoms with Gasteiger partial charge >= 0.3 is 0 Å². The number of anilines is 1. The normalized spacial score (nSPS) is 22.2. The number of sulfonamides is 1. The van der Waals surface area contributed by atoms with Crippen molar-refractivity contribution in [1.29, 1.82) is 0 Å². The fraction of sp³-hybridized carbons (Fsp3) is 0.500. The molecule has 1 aliphatic rings. The van der Waals surface area contributed by atoms with Gasteiger partial charge < -0.3 is 5.73 Å². The van der Waals surface area contributed by atoms with E-state index in [2.05, 4.69) is 0 Å². The van der Waals surface area contributed by atoms with E-state index in [1.807, 2.05) is 0 Å². The molecular weight excluding hydrogens is 300 g/mol. The van der Waals surface area contributed by atoms with Gasteiger partial charge in [0.05, 0.1) is 16.4 Å². The molecule has 0 aliphatic carbocycles. The molecular formula is C12H18N2O4S2. The molecule has 112 valence electrons. The summed E-state index contributed by atoms with van der Waals surface area (Å²) >= 11 is 0. The molecule has 1 fully saturated rings. The van der Waals surface area contributed by atoms with Gasteiger partial charge in [-0.2, -0.15) is 4.31 Å². The van der Waals surface area contributed by atoms with Crippen LogP contribution < -0.4 is 5.73 Å². The molecule has 2 N–H and O–H groups in total. The van der Waals surface area contributed by atoms with Gasteiger partial charge in [-0.25, -0.2) is 16.8 Å². The van der Waals surface area contributed by atoms with Crippen molar-refractivity contribution in [2.75, 3.05) is 24.3 Å². The summed E-state index contributed by atoms with van der Waals surface area (Å²) in [4.78, 5) is 0.0902. The molecule has 6 nitrogen and oxygen atoms in total. The van der Waals surface area contributed by atoms with Crippen molar-refractivity contribution in [3.05, 3.63) is 23.8 Å². The Hall–Kier alpha value is -1.12. The quantitative estimate of drug-likeness (QED) is 0.813. The van der Waals surface area contributed by atoms with Crippen molar-refractivity contribution in [3.63, 3.8) is 0 Å². The number of benzene rings is 1. The van der Waals surface area contributed by atoms with E-state index < -0.39 is 25.9 Å². The Kier molecular flexibility index (Phi) is 3.83. The molecule has 1 unspecified atom stereocenters. The lowest BCUT2D eigenvalue weighted by atomic mass is 10.2. The van der Waals surface area contributed by atoms with E-state index in [1.165, 1.54) is 19.2 Å². The molecule has 1 aromatic rings. The summed E-state index contributed by atoms with van der Waals surface area (Å²) in [6.07, 6.45) is 0.333. The van der Waals surface area contributed by atoms with E-state index >= 15 is 0 Å². The zero-order chi connectivity index (χ0) is 15.1. The number of nitrogens with zero attached hydrogens (tertiary/aromatic N) is 1. The minimum Gasteiger partial charge on any atom is -0.398 e. The molecule has 2 rings (SSSR count). The van der Waals surface area contributed by atoms with E-state index in [9.17, 15) is 16.8 Å². The summed E-state index contributed by atoms with van der Waals surface area (Å²) in [6.45, 7) is 1.79. The summed E-state index contributed by atoms with van der Waals surface area (Å²) in [7, 11) is -5.44. The van der Waals surface area contributed by atoms with Crippen molar-refractivity contribution in [3.8, 4) is 0 Å². The maximum Gasteiger partial charge on any atom is 0.243 e. The van der Waals surface area contributed by atoms with Crippen LogP contribution in [0.3, 0.4) is 0 Å². The van der Waals surface area contributed by atoms with Crippen molar-refractivity contribution in [1.82, 2.24) is 4.31 Å². The second kappa shape index (κ2) is 5.01. The van der Waals surface area contributed by atoms with E-state index in [4.69, 9.17) is 5.73 Å². The predicted octanol–water partition coefficient (Wildman–Crippen LogP) is 0.385. The average Bonchev–Trinajstić information content (AvgIpc) is 2.72. The number of nitrogen functional groups attached to an aromatic ring is 1. The molecule has 20 heavy (non-hydrogen) atoms. The number of nitrogens with two attached hydrogens (primary N) is 1. The summed E-state index contributed by atoms with van der Waals surface area (Å²) in [6, 6.07) is 4.03. The highest BCUT2D eigenvalue weighted by Gasteiger charge is 2.36. The monoisotopic (exact) mass is 318 g/mol. The fourth-order valence-corrected chi connectivity index (χ4v) is 5.49. The summed E-state index contributed by atoms with van der Waals surface area (Å²) < 4.78 is 49.0. The van der Waals surface area contributed by atoms with Gasteiger partial charge in [0.15, 0.2) is 9.84 Å². The molecule has 1 saturated heterocycles. The van der Waals surface area contributed by atoms with E-state index in [0.717, 1.165) is 9.87 Å². The van der Waals surface area contributed by atoms with Gasteiger partial charge in [-0.15, -0.1) is 0 Å². The fourth-order valence-electron chi connectivity index (χ4n) is 2.20. The van der Waals surface area contributed by atoms with Crippen LogP contribution in [0, 0.1) is 6.92 Å². The van der Waals surface area contributed by atoms with Crippen molar-refractivity contribution < 1.29 is 16.8 Å². The second-order valence-electron chi connectivity index (χ2n) is 5.10. The maximum atomic E-state index is 12.5. The van der Waals surface area contributed by atoms with Crippen molar-refractivity contribution >= 4 is 25.5 Å². The summed E-state index contributed by atoms with van der Waals surface area (Å²) in [5.41, 5.74) is 6.94. The Balaban J connectivity index is 2.32. The Bertz CT molecular complexity index is 726. The molecule has 0 bridgehead atoms. The largest absolute Gasteiger partial charge is 0.398 e. The smallest absolute Gasteiger partial charge is 0.243 e. The highest BCUT2D eigenvalue weighted by atomic mass is 32.2. The Morgan fingerprint density at radius 2 is 2.00 bits per heavy atom. The molecule has 1 atom stereocenters. The van der Waals surface area contributed by atoms with E-state index in [-0.39, 0.29) is 16.4 Å². The predicted molar refractivity (Wildman–Crippen MR) is 77.6 cm³/mol. The standard InChI is InChI=1S/C12H18N2O4S2/c1-9-3-4-11(7-12(9)13)20(17,18)14(2)10-5-6-19(15,16)8-10/h3-4,7,10H,5-6,8,13H2,1-2H3. The third kappa shape index (κ3) is 2.82. The zero-order valence-corrected chi connectivity index (χ0v) is 13.0. The van der Waals surface area contributed by atoms with Gasteiger partial charge in [0.2, 0.25) is 10.0 Å². The molecule has 1 aliphatic heterocycles. The Morgan fingerprint density at radius 1 is 1.35 bits per heavy atom. The molecule has 0 saturated carbocycles. The van der Waals surface area contributed by atoms with Crippen LogP contribution in [0.25, 0.3) is 0 Å². The molecule has 8 heteroatoms. The average molecular weight is 318 g/mol. The van der Waals surface area contributed by atoms with Crippen molar-refractivity contribution in [2.45, 2.75) is 24.3 Å². The zero-order valence-electron chi connectivity index (χ0n) is 11.4. The molecule has 1 aromatic carbocycles. The minimum absolute atomic E-state index is 0.0353. The summed E-state index contributed by atoms with van der Waals surface area (Å²) in [5, 5.41) is 0. The Labute approximate surface area is 119 Å². The third-order valence-electron chi connectivity index (χ3n) is 3.65. The third-order valence-corrected chi connectivity index (χ3v) is 7.31. The summed E-state index contributed by atoms with van der Waals surface area (Å²) in [5.74, 6) is -0.0857. The van der Waals surface area contributed by atoms with Gasteiger partial charge in [0, 0.05) is 18.8 Å². The number of rotatable bonds is 3.